The lowest BCUT2D eigenvalue weighted by Gasteiger charge is -2.39. The number of ether oxygens (including phenoxy) is 2. The number of benzene rings is 1. The highest BCUT2D eigenvalue weighted by Gasteiger charge is 2.48. The number of nitrogens with one attached hydrogen (secondary N) is 1. The van der Waals surface area contributed by atoms with E-state index in [0.717, 1.165) is 10.5 Å². The van der Waals surface area contributed by atoms with Gasteiger partial charge in [-0.2, -0.15) is 0 Å². The maximum Gasteiger partial charge on any atom is 0.329 e. The fraction of sp³-hybridized carbons (Fsp3) is 0.667. The van der Waals surface area contributed by atoms with Gasteiger partial charge in [0.15, 0.2) is 6.10 Å². The van der Waals surface area contributed by atoms with Crippen molar-refractivity contribution in [2.45, 2.75) is 130 Å². The number of imide groups is 1. The fourth-order valence-electron chi connectivity index (χ4n) is 8.93. The second kappa shape index (κ2) is 20.7. The first-order chi connectivity index (χ1) is 28.2. The number of hydrogen-bond acceptors (Lipinski definition) is 10. The quantitative estimate of drug-likeness (QED) is 0.230. The molecule has 1 aromatic rings. The molecular weight excluding hydrogens is 769 g/mol. The highest BCUT2D eigenvalue weighted by Crippen LogP contribution is 2.30. The number of likely N-dealkylation sites (N-methyl/N-ethyl adjacent to an activating group) is 2. The summed E-state index contributed by atoms with van der Waals surface area (Å²) >= 11 is 0. The summed E-state index contributed by atoms with van der Waals surface area (Å²) in [5, 5.41) is 2.95. The Kier molecular flexibility index (Phi) is 16.5. The number of nitrogens with zero attached hydrogens (tertiary/aromatic N) is 5. The Hall–Kier alpha value is -4.79. The molecule has 1 N–H and O–H groups in total. The second-order valence-corrected chi connectivity index (χ2v) is 18.0. The number of carbonyl (C=O) groups excluding carboxylic acids is 7. The van der Waals surface area contributed by atoms with Gasteiger partial charge in [0.25, 0.3) is 11.8 Å². The van der Waals surface area contributed by atoms with E-state index in [1.165, 1.54) is 27.9 Å². The molecule has 15 heteroatoms. The van der Waals surface area contributed by atoms with Crippen molar-refractivity contribution >= 4 is 41.4 Å². The van der Waals surface area contributed by atoms with Crippen LogP contribution in [0.15, 0.2) is 42.2 Å². The van der Waals surface area contributed by atoms with E-state index in [4.69, 9.17) is 9.47 Å². The molecule has 2 saturated heterocycles. The molecule has 0 saturated carbocycles. The molecule has 3 aliphatic heterocycles. The Morgan fingerprint density at radius 3 is 1.88 bits per heavy atom. The van der Waals surface area contributed by atoms with Gasteiger partial charge in [-0.25, -0.2) is 4.79 Å². The lowest BCUT2D eigenvalue weighted by atomic mass is 9.96. The van der Waals surface area contributed by atoms with E-state index in [1.807, 2.05) is 90.9 Å². The van der Waals surface area contributed by atoms with Gasteiger partial charge in [-0.1, -0.05) is 85.7 Å². The zero-order chi connectivity index (χ0) is 44.7. The highest BCUT2D eigenvalue weighted by atomic mass is 16.6. The van der Waals surface area contributed by atoms with E-state index in [1.54, 1.807) is 20.9 Å². The molecule has 0 aliphatic carbocycles. The lowest BCUT2D eigenvalue weighted by molar-refractivity contribution is -0.170. The predicted octanol–water partition coefficient (Wildman–Crippen LogP) is 3.26. The first kappa shape index (κ1) is 47.9. The number of likely N-dealkylation sites (tertiary alicyclic amines) is 2. The summed E-state index contributed by atoms with van der Waals surface area (Å²) in [4.78, 5) is 105. The van der Waals surface area contributed by atoms with Gasteiger partial charge in [0.1, 0.15) is 36.0 Å². The molecule has 2 fully saturated rings. The van der Waals surface area contributed by atoms with Crippen LogP contribution in [0.25, 0.3) is 0 Å². The molecule has 6 amide bonds. The largest absolute Gasteiger partial charge is 0.499 e. The van der Waals surface area contributed by atoms with E-state index in [-0.39, 0.29) is 36.1 Å². The van der Waals surface area contributed by atoms with Gasteiger partial charge in [-0.3, -0.25) is 38.6 Å². The summed E-state index contributed by atoms with van der Waals surface area (Å²) in [6.45, 7) is 15.3. The monoisotopic (exact) mass is 837 g/mol. The second-order valence-electron chi connectivity index (χ2n) is 18.0. The van der Waals surface area contributed by atoms with Gasteiger partial charge in [0.2, 0.25) is 23.6 Å². The topological polar surface area (TPSA) is 166 Å². The van der Waals surface area contributed by atoms with Gasteiger partial charge in [0, 0.05) is 32.6 Å². The van der Waals surface area contributed by atoms with Crippen LogP contribution in [0.5, 0.6) is 0 Å². The van der Waals surface area contributed by atoms with Crippen molar-refractivity contribution in [3.63, 3.8) is 0 Å². The Morgan fingerprint density at radius 1 is 0.767 bits per heavy atom. The van der Waals surface area contributed by atoms with Crippen LogP contribution in [0.4, 0.5) is 0 Å². The van der Waals surface area contributed by atoms with Crippen molar-refractivity contribution in [1.29, 1.82) is 0 Å². The molecule has 60 heavy (non-hydrogen) atoms. The van der Waals surface area contributed by atoms with Crippen molar-refractivity contribution in [3.05, 3.63) is 47.7 Å². The SMILES string of the molecule is COC1=CC(=O)N(C(=O)[C@@H](OC(=O)C2CCCN2C(=O)[C@@H]2CCCN2C(=O)[C@H](C(C)C)N(C)C(=O)[C@@H](NC(=O)[C@H](C(C)C)N(C)C)C(C)C)C(C)C)[C@H]1Cc1ccccc1. The van der Waals surface area contributed by atoms with Gasteiger partial charge in [-0.05, 0) is 69.0 Å². The Labute approximate surface area is 356 Å². The van der Waals surface area contributed by atoms with E-state index in [0.29, 0.717) is 44.4 Å². The van der Waals surface area contributed by atoms with Crippen LogP contribution in [-0.4, -0.2) is 150 Å². The van der Waals surface area contributed by atoms with Crippen LogP contribution in [0.1, 0.15) is 86.6 Å². The van der Waals surface area contributed by atoms with Gasteiger partial charge in [-0.15, -0.1) is 0 Å². The number of hydrogen-bond donors (Lipinski definition) is 1. The van der Waals surface area contributed by atoms with Gasteiger partial charge >= 0.3 is 5.97 Å². The molecule has 4 rings (SSSR count). The summed E-state index contributed by atoms with van der Waals surface area (Å²) < 4.78 is 11.4. The third-order valence-corrected chi connectivity index (χ3v) is 11.9. The van der Waals surface area contributed by atoms with Crippen LogP contribution in [0, 0.1) is 23.7 Å². The van der Waals surface area contributed by atoms with E-state index < -0.39 is 77.9 Å². The van der Waals surface area contributed by atoms with Crippen molar-refractivity contribution in [2.24, 2.45) is 23.7 Å². The molecular formula is C45H68N6O9. The normalized spacial score (nSPS) is 21.4. The number of rotatable bonds is 17. The Balaban J connectivity index is 1.50. The standard InChI is InChI=1S/C45H68N6O9/c1-26(2)36(46-40(53)37(27(3)4)47(9)10)42(55)48(11)38(28(5)6)43(56)49-22-16-20-31(49)41(54)50-23-17-21-32(50)45(58)60-39(29(7)8)44(57)51-33(34(59-12)25-35(51)52)24-30-18-14-13-15-19-30/h13-15,18-19,25-29,31-33,36-39H,16-17,20-24H2,1-12H3,(H,46,53)/t31-,32?,33-,36-,37-,38-,39-/m0/s1. The van der Waals surface area contributed by atoms with Crippen LogP contribution in [-0.2, 0) is 49.5 Å². The van der Waals surface area contributed by atoms with Crippen molar-refractivity contribution in [3.8, 4) is 0 Å². The molecule has 15 nitrogen and oxygen atoms in total. The Morgan fingerprint density at radius 2 is 1.35 bits per heavy atom. The summed E-state index contributed by atoms with van der Waals surface area (Å²) in [6, 6.07) is 4.52. The number of methoxy groups -OCH3 is 1. The molecule has 332 valence electrons. The minimum Gasteiger partial charge on any atom is -0.499 e. The summed E-state index contributed by atoms with van der Waals surface area (Å²) in [5.74, 6) is -4.24. The average molecular weight is 837 g/mol. The highest BCUT2D eigenvalue weighted by molar-refractivity contribution is 6.06. The third-order valence-electron chi connectivity index (χ3n) is 11.9. The Bertz CT molecular complexity index is 1750. The molecule has 0 radical (unpaired) electrons. The minimum absolute atomic E-state index is 0.00726. The molecule has 3 heterocycles. The molecule has 1 aromatic carbocycles. The number of amides is 6. The van der Waals surface area contributed by atoms with E-state index in [2.05, 4.69) is 5.32 Å². The minimum atomic E-state index is -1.31. The molecule has 0 aromatic heterocycles. The van der Waals surface area contributed by atoms with Crippen molar-refractivity contribution < 1.29 is 43.0 Å². The molecule has 0 bridgehead atoms. The average Bonchev–Trinajstić information content (AvgIpc) is 3.94. The van der Waals surface area contributed by atoms with Crippen LogP contribution in [0.2, 0.25) is 0 Å². The van der Waals surface area contributed by atoms with Crippen LogP contribution in [0.3, 0.4) is 0 Å². The lowest BCUT2D eigenvalue weighted by Crippen LogP contribution is -2.61. The van der Waals surface area contributed by atoms with Gasteiger partial charge < -0.3 is 29.5 Å². The van der Waals surface area contributed by atoms with E-state index in [9.17, 15) is 33.6 Å². The predicted molar refractivity (Wildman–Crippen MR) is 226 cm³/mol. The number of esters is 1. The van der Waals surface area contributed by atoms with Crippen molar-refractivity contribution in [1.82, 2.24) is 29.8 Å². The zero-order valence-electron chi connectivity index (χ0n) is 37.7. The molecule has 1 unspecified atom stereocenters. The maximum absolute atomic E-state index is 14.5. The molecule has 3 aliphatic rings. The summed E-state index contributed by atoms with van der Waals surface area (Å²) in [7, 11) is 6.64. The summed E-state index contributed by atoms with van der Waals surface area (Å²) in [5.41, 5.74) is 0.886. The fourth-order valence-corrected chi connectivity index (χ4v) is 8.93. The first-order valence-corrected chi connectivity index (χ1v) is 21.4. The van der Waals surface area contributed by atoms with E-state index >= 15 is 0 Å². The molecule has 0 spiro atoms. The maximum atomic E-state index is 14.5. The summed E-state index contributed by atoms with van der Waals surface area (Å²) in [6.07, 6.45) is 2.02. The van der Waals surface area contributed by atoms with Crippen LogP contribution >= 0.6 is 0 Å². The zero-order valence-corrected chi connectivity index (χ0v) is 37.7. The van der Waals surface area contributed by atoms with Gasteiger partial charge in [0.05, 0.1) is 13.2 Å². The first-order valence-electron chi connectivity index (χ1n) is 21.4. The number of carbonyl (C=O) groups is 7. The molecule has 7 atom stereocenters. The van der Waals surface area contributed by atoms with Crippen LogP contribution < -0.4 is 5.32 Å². The smallest absolute Gasteiger partial charge is 0.329 e. The third kappa shape index (κ3) is 10.6. The van der Waals surface area contributed by atoms with Crippen molar-refractivity contribution in [2.75, 3.05) is 41.3 Å².